The van der Waals surface area contributed by atoms with Crippen molar-refractivity contribution in [3.05, 3.63) is 64.8 Å². The highest BCUT2D eigenvalue weighted by atomic mass is 79.9. The molecule has 0 radical (unpaired) electrons. The molecule has 1 N–H and O–H groups in total. The van der Waals surface area contributed by atoms with Gasteiger partial charge in [0.25, 0.3) is 0 Å². The summed E-state index contributed by atoms with van der Waals surface area (Å²) in [6.07, 6.45) is 4.78. The molecule has 0 amide bonds. The number of benzene rings is 1. The molecule has 4 aromatic rings. The summed E-state index contributed by atoms with van der Waals surface area (Å²) >= 11 is 3.70. The molecule has 4 heterocycles. The van der Waals surface area contributed by atoms with Crippen LogP contribution in [0.2, 0.25) is 0 Å². The number of ether oxygens (including phenoxy) is 1. The molecule has 0 spiro atoms. The van der Waals surface area contributed by atoms with Crippen LogP contribution < -0.4 is 9.64 Å². The first kappa shape index (κ1) is 24.6. The van der Waals surface area contributed by atoms with Crippen molar-refractivity contribution in [3.63, 3.8) is 0 Å². The van der Waals surface area contributed by atoms with Gasteiger partial charge in [-0.25, -0.2) is 14.4 Å². The van der Waals surface area contributed by atoms with Gasteiger partial charge in [0.05, 0.1) is 16.4 Å². The number of aromatic amines is 1. The van der Waals surface area contributed by atoms with E-state index in [-0.39, 0.29) is 5.82 Å². The van der Waals surface area contributed by atoms with E-state index in [2.05, 4.69) is 45.6 Å². The maximum absolute atomic E-state index is 13.5. The van der Waals surface area contributed by atoms with Gasteiger partial charge >= 0.3 is 0 Å². The van der Waals surface area contributed by atoms with Crippen LogP contribution in [0.15, 0.2) is 53.4 Å². The lowest BCUT2D eigenvalue weighted by atomic mass is 10.2. The van der Waals surface area contributed by atoms with E-state index >= 15 is 0 Å². The average molecular weight is 554 g/mol. The number of rotatable bonds is 8. The van der Waals surface area contributed by atoms with Crippen LogP contribution in [0.5, 0.6) is 5.75 Å². The van der Waals surface area contributed by atoms with E-state index in [1.165, 1.54) is 6.20 Å². The van der Waals surface area contributed by atoms with E-state index < -0.39 is 0 Å². The number of anilines is 1. The van der Waals surface area contributed by atoms with Gasteiger partial charge in [-0.15, -0.1) is 0 Å². The smallest absolute Gasteiger partial charge is 0.180 e. The fourth-order valence-electron chi connectivity index (χ4n) is 4.35. The zero-order valence-corrected chi connectivity index (χ0v) is 22.0. The fraction of sp³-hybridized carbons (Fsp3) is 0.346. The zero-order valence-electron chi connectivity index (χ0n) is 20.4. The van der Waals surface area contributed by atoms with E-state index in [9.17, 15) is 4.39 Å². The van der Waals surface area contributed by atoms with Gasteiger partial charge in [-0.2, -0.15) is 0 Å². The molecule has 188 valence electrons. The molecule has 1 aliphatic heterocycles. The van der Waals surface area contributed by atoms with E-state index in [1.54, 1.807) is 12.3 Å². The largest absolute Gasteiger partial charge is 0.492 e. The highest BCUT2D eigenvalue weighted by Crippen LogP contribution is 2.34. The first-order valence-electron chi connectivity index (χ1n) is 11.9. The van der Waals surface area contributed by atoms with Crippen molar-refractivity contribution in [2.24, 2.45) is 0 Å². The van der Waals surface area contributed by atoms with Crippen molar-refractivity contribution in [1.29, 1.82) is 0 Å². The van der Waals surface area contributed by atoms with Crippen molar-refractivity contribution < 1.29 is 9.13 Å². The summed E-state index contributed by atoms with van der Waals surface area (Å²) in [6, 6.07) is 9.51. The number of aromatic nitrogens is 4. The summed E-state index contributed by atoms with van der Waals surface area (Å²) in [7, 11) is 4.05. The molecule has 10 heteroatoms. The second-order valence-corrected chi connectivity index (χ2v) is 10.0. The number of fused-ring (bicyclic) bond motifs is 1. The lowest BCUT2D eigenvalue weighted by Crippen LogP contribution is -2.46. The first-order valence-corrected chi connectivity index (χ1v) is 12.7. The maximum atomic E-state index is 13.5. The van der Waals surface area contributed by atoms with Crippen LogP contribution in [0.1, 0.15) is 5.56 Å². The Bertz CT molecular complexity index is 1320. The monoisotopic (exact) mass is 553 g/mol. The Kier molecular flexibility index (Phi) is 7.45. The fourth-order valence-corrected chi connectivity index (χ4v) is 4.90. The third kappa shape index (κ3) is 5.66. The third-order valence-corrected chi connectivity index (χ3v) is 6.82. The highest BCUT2D eigenvalue weighted by Gasteiger charge is 2.23. The van der Waals surface area contributed by atoms with Gasteiger partial charge < -0.3 is 19.5 Å². The Balaban J connectivity index is 1.30. The predicted octanol–water partition coefficient (Wildman–Crippen LogP) is 4.18. The Morgan fingerprint density at radius 3 is 2.58 bits per heavy atom. The summed E-state index contributed by atoms with van der Waals surface area (Å²) in [5, 5.41) is 0. The molecular formula is C26H29BrFN7O. The number of likely N-dealkylation sites (N-methyl/N-ethyl adjacent to an activating group) is 1. The van der Waals surface area contributed by atoms with Crippen LogP contribution in [-0.4, -0.2) is 83.2 Å². The maximum Gasteiger partial charge on any atom is 0.180 e. The molecule has 1 aromatic carbocycles. The summed E-state index contributed by atoms with van der Waals surface area (Å²) in [6.45, 7) is 5.61. The van der Waals surface area contributed by atoms with Crippen molar-refractivity contribution >= 4 is 32.8 Å². The Hall–Kier alpha value is -3.08. The van der Waals surface area contributed by atoms with E-state index in [1.807, 2.05) is 44.6 Å². The molecule has 1 fully saturated rings. The molecule has 0 bridgehead atoms. The van der Waals surface area contributed by atoms with Gasteiger partial charge in [-0.3, -0.25) is 9.88 Å². The second kappa shape index (κ2) is 10.9. The summed E-state index contributed by atoms with van der Waals surface area (Å²) in [5.41, 5.74) is 4.53. The number of H-pyrrole nitrogens is 1. The Morgan fingerprint density at radius 2 is 1.86 bits per heavy atom. The lowest BCUT2D eigenvalue weighted by molar-refractivity contribution is 0.249. The predicted molar refractivity (Wildman–Crippen MR) is 143 cm³/mol. The molecule has 0 atom stereocenters. The molecule has 36 heavy (non-hydrogen) atoms. The van der Waals surface area contributed by atoms with Crippen molar-refractivity contribution in [2.75, 3.05) is 58.3 Å². The first-order chi connectivity index (χ1) is 17.5. The molecule has 0 saturated carbocycles. The zero-order chi connectivity index (χ0) is 25.1. The van der Waals surface area contributed by atoms with E-state index in [0.29, 0.717) is 18.8 Å². The number of nitrogens with zero attached hydrogens (tertiary/aromatic N) is 6. The van der Waals surface area contributed by atoms with Gasteiger partial charge in [0.1, 0.15) is 29.5 Å². The Labute approximate surface area is 218 Å². The number of pyridine rings is 2. The Morgan fingerprint density at radius 1 is 1.08 bits per heavy atom. The lowest BCUT2D eigenvalue weighted by Gasteiger charge is -2.36. The molecular weight excluding hydrogens is 525 g/mol. The van der Waals surface area contributed by atoms with Gasteiger partial charge in [-0.05, 0) is 65.9 Å². The molecule has 5 rings (SSSR count). The van der Waals surface area contributed by atoms with E-state index in [0.717, 1.165) is 71.1 Å². The van der Waals surface area contributed by atoms with Crippen LogP contribution in [0, 0.1) is 5.82 Å². The van der Waals surface area contributed by atoms with Crippen LogP contribution in [0.25, 0.3) is 22.6 Å². The molecule has 0 unspecified atom stereocenters. The molecule has 3 aromatic heterocycles. The van der Waals surface area contributed by atoms with Crippen molar-refractivity contribution in [3.8, 4) is 17.1 Å². The normalized spacial score (nSPS) is 14.6. The SMILES string of the molecule is CN(C)CCOc1ccc(-c2nc3ncc(Br)c(N4CCN(Cc5cncc(F)c5)CC4)c3[nH]2)cc1. The molecule has 1 aliphatic rings. The minimum atomic E-state index is -0.296. The highest BCUT2D eigenvalue weighted by molar-refractivity contribution is 9.10. The van der Waals surface area contributed by atoms with Gasteiger partial charge in [0.15, 0.2) is 5.65 Å². The van der Waals surface area contributed by atoms with Crippen LogP contribution in [0.4, 0.5) is 10.1 Å². The summed E-state index contributed by atoms with van der Waals surface area (Å²) < 4.78 is 20.2. The van der Waals surface area contributed by atoms with Crippen molar-refractivity contribution in [1.82, 2.24) is 29.7 Å². The minimum absolute atomic E-state index is 0.296. The van der Waals surface area contributed by atoms with Gasteiger partial charge in [0, 0.05) is 57.2 Å². The molecule has 0 aliphatic carbocycles. The second-order valence-electron chi connectivity index (χ2n) is 9.19. The number of hydrogen-bond acceptors (Lipinski definition) is 7. The number of piperazine rings is 1. The number of nitrogens with one attached hydrogen (secondary N) is 1. The standard InChI is InChI=1S/C26H29BrFN7O/c1-33(2)11-12-36-21-5-3-19(4-6-21)25-31-23-24(22(27)16-30-26(23)32-25)35-9-7-34(8-10-35)17-18-13-20(28)15-29-14-18/h3-6,13-16H,7-12,17H2,1-2H3,(H,30,31,32). The summed E-state index contributed by atoms with van der Waals surface area (Å²) in [5.74, 6) is 1.31. The third-order valence-electron chi connectivity index (χ3n) is 6.24. The summed E-state index contributed by atoms with van der Waals surface area (Å²) in [4.78, 5) is 23.5. The quantitative estimate of drug-likeness (QED) is 0.350. The van der Waals surface area contributed by atoms with Crippen LogP contribution in [-0.2, 0) is 6.54 Å². The average Bonchev–Trinajstić information content (AvgIpc) is 3.29. The number of hydrogen-bond donors (Lipinski definition) is 1. The molecule has 8 nitrogen and oxygen atoms in total. The van der Waals surface area contributed by atoms with Gasteiger partial charge in [-0.1, -0.05) is 0 Å². The molecule has 1 saturated heterocycles. The topological polar surface area (TPSA) is 73.4 Å². The number of halogens is 2. The number of imidazole rings is 1. The van der Waals surface area contributed by atoms with Crippen LogP contribution in [0.3, 0.4) is 0 Å². The van der Waals surface area contributed by atoms with Crippen LogP contribution >= 0.6 is 15.9 Å². The minimum Gasteiger partial charge on any atom is -0.492 e. The van der Waals surface area contributed by atoms with Crippen molar-refractivity contribution in [2.45, 2.75) is 6.54 Å². The van der Waals surface area contributed by atoms with E-state index in [4.69, 9.17) is 9.72 Å². The van der Waals surface area contributed by atoms with Gasteiger partial charge in [0.2, 0.25) is 0 Å².